The highest BCUT2D eigenvalue weighted by Crippen LogP contribution is 2.36. The van der Waals surface area contributed by atoms with Crippen molar-refractivity contribution in [1.82, 2.24) is 19.8 Å². The molecule has 6 aromatic carbocycles. The number of nitrogens with one attached hydrogen (secondary N) is 4. The van der Waals surface area contributed by atoms with Crippen LogP contribution in [0.25, 0.3) is 43.8 Å². The topological polar surface area (TPSA) is 161 Å². The van der Waals surface area contributed by atoms with Crippen LogP contribution in [-0.4, -0.2) is 105 Å². The van der Waals surface area contributed by atoms with Gasteiger partial charge in [0.2, 0.25) is 0 Å². The van der Waals surface area contributed by atoms with Gasteiger partial charge in [-0.15, -0.1) is 13.2 Å². The molecular formula is C57H55F3N8O7. The Kier molecular flexibility index (Phi) is 16.6. The highest BCUT2D eigenvalue weighted by Gasteiger charge is 2.31. The Bertz CT molecular complexity index is 3200. The number of rotatable bonds is 13. The summed E-state index contributed by atoms with van der Waals surface area (Å²) in [4.78, 5) is 39.6. The second kappa shape index (κ2) is 24.2. The predicted molar refractivity (Wildman–Crippen MR) is 285 cm³/mol. The Morgan fingerprint density at radius 1 is 0.520 bits per heavy atom. The Morgan fingerprint density at radius 2 is 0.960 bits per heavy atom. The van der Waals surface area contributed by atoms with Crippen molar-refractivity contribution in [3.63, 3.8) is 0 Å². The van der Waals surface area contributed by atoms with Crippen molar-refractivity contribution in [2.45, 2.75) is 19.5 Å². The van der Waals surface area contributed by atoms with Crippen LogP contribution < -0.4 is 35.5 Å². The quantitative estimate of drug-likeness (QED) is 0.0870. The number of carbonyl (C=O) groups excluding carboxylic acids is 2. The van der Waals surface area contributed by atoms with Crippen LogP contribution in [-0.2, 0) is 22.6 Å². The zero-order valence-electron chi connectivity index (χ0n) is 41.3. The molecule has 2 aliphatic heterocycles. The van der Waals surface area contributed by atoms with Gasteiger partial charge < -0.3 is 45.0 Å². The summed E-state index contributed by atoms with van der Waals surface area (Å²) in [6, 6.07) is 41.0. The molecule has 15 nitrogen and oxygen atoms in total. The molecule has 10 rings (SSSR count). The summed E-state index contributed by atoms with van der Waals surface area (Å²) in [5.41, 5.74) is 8.26. The van der Waals surface area contributed by atoms with E-state index in [1.807, 2.05) is 85.2 Å². The standard InChI is InChI=1S/C29H30N4O4.C28H25F3N4O3/c1-35-23-15-22(16-24(17-23)36-2)31-29(34)32-28-10-9-25(26-5-3-4-6-27(26)28)20-7-8-21(30-18-20)19-33-11-13-37-14-12-33;29-28(30,31)38-22-9-7-20(8-10-22)33-27(36)34-26-12-11-23(24-3-1-2-4-25(24)26)19-5-6-21(32-17-19)18-35-13-15-37-16-14-35/h3-10,15-18H,11-14,19H2,1-2H3,(H2,31,32,34);1-12,17H,13-16,18H2,(H2,33,34,36). The number of pyridine rings is 2. The van der Waals surface area contributed by atoms with Crippen LogP contribution in [0.5, 0.6) is 17.2 Å². The lowest BCUT2D eigenvalue weighted by atomic mass is 9.98. The average molecular weight is 1020 g/mol. The minimum absolute atomic E-state index is 0.321. The first-order chi connectivity index (χ1) is 36.5. The Balaban J connectivity index is 0.000000184. The van der Waals surface area contributed by atoms with Gasteiger partial charge in [-0.1, -0.05) is 72.8 Å². The number of amides is 4. The fourth-order valence-corrected chi connectivity index (χ4v) is 8.84. The van der Waals surface area contributed by atoms with E-state index in [-0.39, 0.29) is 11.8 Å². The first-order valence-corrected chi connectivity index (χ1v) is 24.3. The number of anilines is 4. The maximum absolute atomic E-state index is 12.9. The molecule has 0 aliphatic carbocycles. The van der Waals surface area contributed by atoms with Crippen LogP contribution in [0.1, 0.15) is 11.4 Å². The normalized spacial score (nSPS) is 14.0. The van der Waals surface area contributed by atoms with Gasteiger partial charge in [0, 0.05) is 103 Å². The highest BCUT2D eigenvalue weighted by molar-refractivity contribution is 6.11. The number of halogens is 3. The van der Waals surface area contributed by atoms with Crippen LogP contribution in [0, 0.1) is 0 Å². The minimum Gasteiger partial charge on any atom is -0.497 e. The molecule has 0 atom stereocenters. The summed E-state index contributed by atoms with van der Waals surface area (Å²) in [6.07, 6.45) is -0.988. The van der Waals surface area contributed by atoms with Gasteiger partial charge >= 0.3 is 18.4 Å². The number of urea groups is 2. The Morgan fingerprint density at radius 3 is 1.37 bits per heavy atom. The van der Waals surface area contributed by atoms with Crippen LogP contribution in [0.2, 0.25) is 0 Å². The van der Waals surface area contributed by atoms with Crippen LogP contribution in [0.4, 0.5) is 45.5 Å². The number of nitrogens with zero attached hydrogens (tertiary/aromatic N) is 4. The summed E-state index contributed by atoms with van der Waals surface area (Å²) >= 11 is 0. The summed E-state index contributed by atoms with van der Waals surface area (Å²) in [6.45, 7) is 8.29. The van der Waals surface area contributed by atoms with Crippen molar-refractivity contribution < 1.29 is 46.4 Å². The van der Waals surface area contributed by atoms with E-state index in [0.29, 0.717) is 34.2 Å². The van der Waals surface area contributed by atoms with E-state index in [4.69, 9.17) is 23.9 Å². The van der Waals surface area contributed by atoms with Crippen LogP contribution in [0.15, 0.2) is 152 Å². The van der Waals surface area contributed by atoms with E-state index in [1.54, 1.807) is 32.4 Å². The van der Waals surface area contributed by atoms with Crippen molar-refractivity contribution in [2.24, 2.45) is 0 Å². The van der Waals surface area contributed by atoms with Gasteiger partial charge in [0.1, 0.15) is 17.2 Å². The monoisotopic (exact) mass is 1020 g/mol. The van der Waals surface area contributed by atoms with Crippen molar-refractivity contribution >= 4 is 56.4 Å². The number of hydrogen-bond acceptors (Lipinski definition) is 11. The van der Waals surface area contributed by atoms with E-state index in [0.717, 1.165) is 133 Å². The minimum atomic E-state index is -4.78. The fraction of sp³-hybridized carbons (Fsp3) is 0.228. The molecular weight excluding hydrogens is 966 g/mol. The second-order valence-electron chi connectivity index (χ2n) is 17.6. The first-order valence-electron chi connectivity index (χ1n) is 24.3. The Labute approximate surface area is 431 Å². The molecule has 2 aliphatic rings. The summed E-state index contributed by atoms with van der Waals surface area (Å²) < 4.78 is 62.3. The molecule has 18 heteroatoms. The molecule has 2 fully saturated rings. The number of benzene rings is 6. The lowest BCUT2D eigenvalue weighted by molar-refractivity contribution is -0.274. The number of methoxy groups -OCH3 is 2. The molecule has 0 saturated carbocycles. The number of alkyl halides is 3. The van der Waals surface area contributed by atoms with Crippen LogP contribution in [0.3, 0.4) is 0 Å². The zero-order chi connectivity index (χ0) is 52.2. The molecule has 0 unspecified atom stereocenters. The number of ether oxygens (including phenoxy) is 5. The first kappa shape index (κ1) is 51.6. The van der Waals surface area contributed by atoms with Gasteiger partial charge in [-0.2, -0.15) is 0 Å². The molecule has 0 radical (unpaired) electrons. The number of hydrogen-bond donors (Lipinski definition) is 4. The van der Waals surface area contributed by atoms with E-state index < -0.39 is 12.4 Å². The molecule has 75 heavy (non-hydrogen) atoms. The van der Waals surface area contributed by atoms with E-state index in [9.17, 15) is 22.8 Å². The van der Waals surface area contributed by atoms with Crippen molar-refractivity contribution in [2.75, 3.05) is 88.1 Å². The van der Waals surface area contributed by atoms with E-state index >= 15 is 0 Å². The molecule has 4 amide bonds. The van der Waals surface area contributed by atoms with Gasteiger partial charge in [0.05, 0.1) is 63.4 Å². The maximum Gasteiger partial charge on any atom is 0.573 e. The lowest BCUT2D eigenvalue weighted by Gasteiger charge is -2.26. The fourth-order valence-electron chi connectivity index (χ4n) is 8.84. The molecule has 0 bridgehead atoms. The smallest absolute Gasteiger partial charge is 0.497 e. The maximum atomic E-state index is 12.9. The van der Waals surface area contributed by atoms with Gasteiger partial charge in [0.25, 0.3) is 0 Å². The second-order valence-corrected chi connectivity index (χ2v) is 17.6. The van der Waals surface area contributed by atoms with Crippen LogP contribution >= 0.6 is 0 Å². The summed E-state index contributed by atoms with van der Waals surface area (Å²) in [5, 5.41) is 15.0. The Hall–Kier alpha value is -8.29. The molecule has 8 aromatic rings. The summed E-state index contributed by atoms with van der Waals surface area (Å²) in [7, 11) is 3.14. The van der Waals surface area contributed by atoms with Gasteiger partial charge in [-0.05, 0) is 70.4 Å². The SMILES string of the molecule is COc1cc(NC(=O)Nc2ccc(-c3ccc(CN4CCOCC4)nc3)c3ccccc23)cc(OC)c1.O=C(Nc1ccc(OC(F)(F)F)cc1)Nc1ccc(-c2ccc(CN3CCOCC3)nc2)c2ccccc12. The predicted octanol–water partition coefficient (Wildman–Crippen LogP) is 11.7. The molecule has 4 N–H and O–H groups in total. The number of aromatic nitrogens is 2. The molecule has 2 saturated heterocycles. The third kappa shape index (κ3) is 13.9. The largest absolute Gasteiger partial charge is 0.573 e. The number of fused-ring (bicyclic) bond motifs is 2. The van der Waals surface area contributed by atoms with Crippen molar-refractivity contribution in [3.05, 3.63) is 163 Å². The molecule has 386 valence electrons. The van der Waals surface area contributed by atoms with Gasteiger partial charge in [-0.25, -0.2) is 9.59 Å². The van der Waals surface area contributed by atoms with Gasteiger partial charge in [0.15, 0.2) is 0 Å². The number of morpholine rings is 2. The molecule has 4 heterocycles. The van der Waals surface area contributed by atoms with E-state index in [1.165, 1.54) is 12.1 Å². The van der Waals surface area contributed by atoms with Crippen molar-refractivity contribution in [1.29, 1.82) is 0 Å². The molecule has 0 spiro atoms. The lowest BCUT2D eigenvalue weighted by Crippen LogP contribution is -2.35. The number of carbonyl (C=O) groups is 2. The summed E-state index contributed by atoms with van der Waals surface area (Å²) in [5.74, 6) is 0.816. The average Bonchev–Trinajstić information content (AvgIpc) is 3.42. The van der Waals surface area contributed by atoms with E-state index in [2.05, 4.69) is 65.1 Å². The zero-order valence-corrected chi connectivity index (χ0v) is 41.3. The third-order valence-electron chi connectivity index (χ3n) is 12.5. The third-order valence-corrected chi connectivity index (χ3v) is 12.5. The van der Waals surface area contributed by atoms with Crippen molar-refractivity contribution in [3.8, 4) is 39.5 Å². The molecule has 2 aromatic heterocycles. The highest BCUT2D eigenvalue weighted by atomic mass is 19.4. The van der Waals surface area contributed by atoms with Gasteiger partial charge in [-0.3, -0.25) is 19.8 Å².